The minimum atomic E-state index is 0.00918. The molecule has 1 atom stereocenters. The van der Waals surface area contributed by atoms with Crippen LogP contribution in [0.3, 0.4) is 0 Å². The van der Waals surface area contributed by atoms with Crippen molar-refractivity contribution in [3.8, 4) is 0 Å². The molecule has 1 aliphatic carbocycles. The maximum absolute atomic E-state index is 12.5. The molecule has 0 saturated heterocycles. The molecule has 1 aromatic carbocycles. The first-order valence-electron chi connectivity index (χ1n) is 8.45. The molecule has 0 bridgehead atoms. The second-order valence-corrected chi connectivity index (χ2v) is 6.48. The van der Waals surface area contributed by atoms with E-state index in [1.54, 1.807) is 10.9 Å². The molecule has 0 radical (unpaired) electrons. The lowest BCUT2D eigenvalue weighted by molar-refractivity contribution is 0.463. The fraction of sp³-hybridized carbons (Fsp3) is 0.389. The summed E-state index contributed by atoms with van der Waals surface area (Å²) < 4.78 is 1.68. The van der Waals surface area contributed by atoms with Crippen LogP contribution in [-0.4, -0.2) is 25.8 Å². The lowest BCUT2D eigenvalue weighted by atomic mass is 10.2. The number of rotatable bonds is 5. The van der Waals surface area contributed by atoms with Gasteiger partial charge in [0.15, 0.2) is 0 Å². The minimum Gasteiger partial charge on any atom is -0.307 e. The highest BCUT2D eigenvalue weighted by Gasteiger charge is 2.18. The zero-order valence-corrected chi connectivity index (χ0v) is 13.7. The number of nitrogens with zero attached hydrogens (tertiary/aromatic N) is 3. The van der Waals surface area contributed by atoms with Crippen LogP contribution in [-0.2, 0) is 25.9 Å². The van der Waals surface area contributed by atoms with E-state index in [2.05, 4.69) is 27.4 Å². The Bertz CT molecular complexity index is 927. The summed E-state index contributed by atoms with van der Waals surface area (Å²) in [6, 6.07) is 7.60. The van der Waals surface area contributed by atoms with Gasteiger partial charge in [-0.2, -0.15) is 5.10 Å². The number of aryl methyl sites for hydroxylation is 1. The van der Waals surface area contributed by atoms with E-state index in [0.29, 0.717) is 11.9 Å². The van der Waals surface area contributed by atoms with Crippen LogP contribution in [0, 0.1) is 0 Å². The molecule has 0 spiro atoms. The van der Waals surface area contributed by atoms with Gasteiger partial charge in [-0.05, 0) is 43.9 Å². The first kappa shape index (κ1) is 15.1. The van der Waals surface area contributed by atoms with Crippen LogP contribution in [0.2, 0.25) is 0 Å². The summed E-state index contributed by atoms with van der Waals surface area (Å²) in [4.78, 5) is 16.9. The van der Waals surface area contributed by atoms with Crippen LogP contribution >= 0.6 is 0 Å². The molecule has 4 rings (SSSR count). The molecule has 1 unspecified atom stereocenters. The monoisotopic (exact) mass is 323 g/mol. The fourth-order valence-corrected chi connectivity index (χ4v) is 3.40. The molecular weight excluding hydrogens is 302 g/mol. The van der Waals surface area contributed by atoms with Gasteiger partial charge in [0.2, 0.25) is 0 Å². The number of nitrogens with one attached hydrogen (secondary N) is 2. The highest BCUT2D eigenvalue weighted by Crippen LogP contribution is 2.22. The second-order valence-electron chi connectivity index (χ2n) is 6.48. The normalized spacial score (nSPS) is 14.9. The Morgan fingerprint density at radius 1 is 1.33 bits per heavy atom. The van der Waals surface area contributed by atoms with Crippen LogP contribution < -0.4 is 10.9 Å². The van der Waals surface area contributed by atoms with Gasteiger partial charge in [-0.15, -0.1) is 0 Å². The van der Waals surface area contributed by atoms with Gasteiger partial charge < -0.3 is 5.32 Å². The summed E-state index contributed by atoms with van der Waals surface area (Å²) in [5.41, 5.74) is 4.52. The van der Waals surface area contributed by atoms with Crippen molar-refractivity contribution in [3.05, 3.63) is 57.9 Å². The molecular formula is C18H21N5O. The van der Waals surface area contributed by atoms with E-state index in [-0.39, 0.29) is 11.6 Å². The van der Waals surface area contributed by atoms with E-state index in [4.69, 9.17) is 0 Å². The maximum atomic E-state index is 12.5. The summed E-state index contributed by atoms with van der Waals surface area (Å²) >= 11 is 0. The van der Waals surface area contributed by atoms with Crippen LogP contribution in [0.5, 0.6) is 0 Å². The third kappa shape index (κ3) is 2.73. The lowest BCUT2D eigenvalue weighted by Gasteiger charge is -2.15. The average molecular weight is 323 g/mol. The Morgan fingerprint density at radius 2 is 2.21 bits per heavy atom. The molecule has 124 valence electrons. The predicted molar refractivity (Wildman–Crippen MR) is 92.9 cm³/mol. The van der Waals surface area contributed by atoms with Crippen LogP contribution in [0.25, 0.3) is 10.9 Å². The van der Waals surface area contributed by atoms with E-state index >= 15 is 0 Å². The highest BCUT2D eigenvalue weighted by atomic mass is 16.1. The number of para-hydroxylation sites is 1. The van der Waals surface area contributed by atoms with Crippen molar-refractivity contribution < 1.29 is 0 Å². The Hall–Kier alpha value is -2.47. The number of fused-ring (bicyclic) bond motifs is 2. The molecule has 6 nitrogen and oxygen atoms in total. The number of benzene rings is 1. The fourth-order valence-electron chi connectivity index (χ4n) is 3.40. The molecule has 1 aliphatic rings. The lowest BCUT2D eigenvalue weighted by Crippen LogP contribution is -2.34. The Balaban J connectivity index is 1.45. The van der Waals surface area contributed by atoms with E-state index in [1.165, 1.54) is 17.7 Å². The second kappa shape index (κ2) is 6.20. The topological polar surface area (TPSA) is 75.6 Å². The summed E-state index contributed by atoms with van der Waals surface area (Å²) in [5, 5.41) is 11.7. The molecule has 0 saturated carbocycles. The van der Waals surface area contributed by atoms with Crippen LogP contribution in [0.4, 0.5) is 0 Å². The summed E-state index contributed by atoms with van der Waals surface area (Å²) in [6.07, 6.45) is 5.07. The zero-order valence-electron chi connectivity index (χ0n) is 13.7. The van der Waals surface area contributed by atoms with Gasteiger partial charge in [-0.25, -0.2) is 4.98 Å². The van der Waals surface area contributed by atoms with Crippen LogP contribution in [0.1, 0.15) is 30.3 Å². The smallest absolute Gasteiger partial charge is 0.261 e. The Morgan fingerprint density at radius 3 is 3.12 bits per heavy atom. The van der Waals surface area contributed by atoms with Gasteiger partial charge in [0.25, 0.3) is 5.56 Å². The molecule has 0 amide bonds. The maximum Gasteiger partial charge on any atom is 0.261 e. The third-order valence-electron chi connectivity index (χ3n) is 4.71. The van der Waals surface area contributed by atoms with Crippen molar-refractivity contribution in [2.75, 3.05) is 0 Å². The minimum absolute atomic E-state index is 0.00918. The SMILES string of the molecule is CC(Cn1cnc2ccccc2c1=O)NCc1n[nH]c2c1CCC2. The van der Waals surface area contributed by atoms with Crippen molar-refractivity contribution in [2.45, 2.75) is 45.3 Å². The van der Waals surface area contributed by atoms with Crippen molar-refractivity contribution >= 4 is 10.9 Å². The molecule has 0 fully saturated rings. The van der Waals surface area contributed by atoms with E-state index in [1.807, 2.05) is 24.3 Å². The predicted octanol–water partition coefficient (Wildman–Crippen LogP) is 1.79. The molecule has 0 aliphatic heterocycles. The molecule has 2 N–H and O–H groups in total. The van der Waals surface area contributed by atoms with Crippen molar-refractivity contribution in [1.29, 1.82) is 0 Å². The number of aromatic amines is 1. The Kier molecular flexibility index (Phi) is 3.90. The number of hydrogen-bond donors (Lipinski definition) is 2. The van der Waals surface area contributed by atoms with Crippen molar-refractivity contribution in [3.63, 3.8) is 0 Å². The zero-order chi connectivity index (χ0) is 16.5. The summed E-state index contributed by atoms with van der Waals surface area (Å²) in [5.74, 6) is 0. The quantitative estimate of drug-likeness (QED) is 0.750. The van der Waals surface area contributed by atoms with Gasteiger partial charge in [0, 0.05) is 24.8 Å². The van der Waals surface area contributed by atoms with E-state index in [9.17, 15) is 4.79 Å². The first-order valence-corrected chi connectivity index (χ1v) is 8.45. The van der Waals surface area contributed by atoms with Crippen molar-refractivity contribution in [1.82, 2.24) is 25.1 Å². The first-order chi connectivity index (χ1) is 11.7. The summed E-state index contributed by atoms with van der Waals surface area (Å²) in [7, 11) is 0. The molecule has 24 heavy (non-hydrogen) atoms. The van der Waals surface area contributed by atoms with Crippen molar-refractivity contribution in [2.24, 2.45) is 0 Å². The molecule has 3 aromatic rings. The van der Waals surface area contributed by atoms with E-state index < -0.39 is 0 Å². The molecule has 2 aromatic heterocycles. The van der Waals surface area contributed by atoms with Crippen LogP contribution in [0.15, 0.2) is 35.4 Å². The Labute approximate surface area is 139 Å². The average Bonchev–Trinajstić information content (AvgIpc) is 3.20. The van der Waals surface area contributed by atoms with Gasteiger partial charge in [0.05, 0.1) is 22.9 Å². The van der Waals surface area contributed by atoms with E-state index in [0.717, 1.165) is 30.6 Å². The van der Waals surface area contributed by atoms with Gasteiger partial charge >= 0.3 is 0 Å². The van der Waals surface area contributed by atoms with Gasteiger partial charge in [-0.3, -0.25) is 14.5 Å². The number of hydrogen-bond acceptors (Lipinski definition) is 4. The molecule has 2 heterocycles. The largest absolute Gasteiger partial charge is 0.307 e. The third-order valence-corrected chi connectivity index (χ3v) is 4.71. The number of H-pyrrole nitrogens is 1. The summed E-state index contributed by atoms with van der Waals surface area (Å²) in [6.45, 7) is 3.39. The molecule has 6 heteroatoms. The number of aromatic nitrogens is 4. The highest BCUT2D eigenvalue weighted by molar-refractivity contribution is 5.76. The van der Waals surface area contributed by atoms with Gasteiger partial charge in [-0.1, -0.05) is 12.1 Å². The standard InChI is InChI=1S/C18H21N5O/c1-12(19-9-17-13-6-4-8-16(13)21-22-17)10-23-11-20-15-7-3-2-5-14(15)18(23)24/h2-3,5,7,11-12,19H,4,6,8-10H2,1H3,(H,21,22). The van der Waals surface area contributed by atoms with Gasteiger partial charge in [0.1, 0.15) is 0 Å².